The van der Waals surface area contributed by atoms with Crippen LogP contribution in [0.3, 0.4) is 0 Å². The first kappa shape index (κ1) is 24.9. The number of carbonyl (C=O) groups is 2. The third kappa shape index (κ3) is 5.55. The Labute approximate surface area is 208 Å². The van der Waals surface area contributed by atoms with Gasteiger partial charge in [0, 0.05) is 50.2 Å². The minimum Gasteiger partial charge on any atom is -0.493 e. The van der Waals surface area contributed by atoms with E-state index in [-0.39, 0.29) is 11.8 Å². The zero-order chi connectivity index (χ0) is 25.0. The highest BCUT2D eigenvalue weighted by Crippen LogP contribution is 2.34. The Hall–Kier alpha value is -3.22. The molecule has 1 unspecified atom stereocenters. The third-order valence-electron chi connectivity index (χ3n) is 7.59. The highest BCUT2D eigenvalue weighted by Gasteiger charge is 2.38. The summed E-state index contributed by atoms with van der Waals surface area (Å²) in [5, 5.41) is 3.19. The molecule has 2 aromatic carbocycles. The van der Waals surface area contributed by atoms with Crippen molar-refractivity contribution in [1.29, 1.82) is 0 Å². The van der Waals surface area contributed by atoms with Crippen molar-refractivity contribution in [2.45, 2.75) is 51.5 Å². The first-order chi connectivity index (χ1) is 16.8. The number of anilines is 1. The van der Waals surface area contributed by atoms with Crippen LogP contribution in [0.1, 0.15) is 42.4 Å². The molecule has 188 valence electrons. The second kappa shape index (κ2) is 10.6. The van der Waals surface area contributed by atoms with Crippen molar-refractivity contribution in [2.75, 3.05) is 45.3 Å². The van der Waals surface area contributed by atoms with Crippen molar-refractivity contribution in [3.63, 3.8) is 0 Å². The van der Waals surface area contributed by atoms with Crippen molar-refractivity contribution in [3.05, 3.63) is 53.1 Å². The van der Waals surface area contributed by atoms with Gasteiger partial charge in [0.15, 0.2) is 11.5 Å². The molecule has 0 spiro atoms. The molecule has 2 aliphatic heterocycles. The van der Waals surface area contributed by atoms with Gasteiger partial charge in [0.25, 0.3) is 0 Å². The Kier molecular flexibility index (Phi) is 7.53. The molecule has 1 N–H and O–H groups in total. The monoisotopic (exact) mass is 479 g/mol. The quantitative estimate of drug-likeness (QED) is 0.626. The second-order valence-electron chi connectivity index (χ2n) is 9.78. The topological polar surface area (TPSA) is 71.1 Å². The molecule has 0 radical (unpaired) electrons. The molecule has 0 bridgehead atoms. The molecule has 0 aliphatic carbocycles. The summed E-state index contributed by atoms with van der Waals surface area (Å²) in [4.78, 5) is 29.7. The second-order valence-corrected chi connectivity index (χ2v) is 9.78. The minimum absolute atomic E-state index is 0.0556. The molecule has 35 heavy (non-hydrogen) atoms. The molecule has 1 atom stereocenters. The fourth-order valence-corrected chi connectivity index (χ4v) is 5.34. The molecule has 4 rings (SSSR count). The van der Waals surface area contributed by atoms with E-state index in [2.05, 4.69) is 42.3 Å². The number of hydrogen-bond donors (Lipinski definition) is 1. The van der Waals surface area contributed by atoms with E-state index in [1.165, 1.54) is 16.8 Å². The van der Waals surface area contributed by atoms with E-state index >= 15 is 0 Å². The third-order valence-corrected chi connectivity index (χ3v) is 7.59. The Bertz CT molecular complexity index is 1080. The summed E-state index contributed by atoms with van der Waals surface area (Å²) in [5.41, 5.74) is 4.51. The van der Waals surface area contributed by atoms with E-state index in [0.717, 1.165) is 38.2 Å². The Morgan fingerprint density at radius 1 is 1.03 bits per heavy atom. The molecule has 0 aromatic heterocycles. The van der Waals surface area contributed by atoms with Crippen molar-refractivity contribution in [3.8, 4) is 11.5 Å². The number of piperazine rings is 1. The lowest BCUT2D eigenvalue weighted by atomic mass is 9.84. The van der Waals surface area contributed by atoms with E-state index in [1.807, 2.05) is 23.1 Å². The number of ether oxygens (including phenoxy) is 2. The van der Waals surface area contributed by atoms with Gasteiger partial charge in [0.1, 0.15) is 0 Å². The number of carbonyl (C=O) groups excluding carboxylic acids is 2. The van der Waals surface area contributed by atoms with Gasteiger partial charge in [-0.1, -0.05) is 18.2 Å². The summed E-state index contributed by atoms with van der Waals surface area (Å²) in [6, 6.07) is 12.3. The van der Waals surface area contributed by atoms with Crippen LogP contribution in [0.2, 0.25) is 0 Å². The van der Waals surface area contributed by atoms with Crippen LogP contribution in [-0.2, 0) is 16.0 Å². The van der Waals surface area contributed by atoms with Gasteiger partial charge in [0.2, 0.25) is 11.8 Å². The molecule has 7 heteroatoms. The smallest absolute Gasteiger partial charge is 0.222 e. The van der Waals surface area contributed by atoms with Crippen LogP contribution < -0.4 is 19.7 Å². The normalized spacial score (nSPS) is 20.1. The summed E-state index contributed by atoms with van der Waals surface area (Å²) in [5.74, 6) is 1.57. The highest BCUT2D eigenvalue weighted by molar-refractivity contribution is 5.80. The Morgan fingerprint density at radius 2 is 1.77 bits per heavy atom. The summed E-state index contributed by atoms with van der Waals surface area (Å²) in [6.07, 6.45) is 2.94. The molecule has 2 heterocycles. The number of amides is 2. The fourth-order valence-electron chi connectivity index (χ4n) is 5.34. The van der Waals surface area contributed by atoms with E-state index < -0.39 is 5.54 Å². The first-order valence-electron chi connectivity index (χ1n) is 12.4. The lowest BCUT2D eigenvalue weighted by Crippen LogP contribution is -2.50. The van der Waals surface area contributed by atoms with Gasteiger partial charge in [-0.15, -0.1) is 0 Å². The van der Waals surface area contributed by atoms with Crippen LogP contribution in [0.4, 0.5) is 5.69 Å². The summed E-state index contributed by atoms with van der Waals surface area (Å²) >= 11 is 0. The zero-order valence-electron chi connectivity index (χ0n) is 21.4. The number of methoxy groups -OCH3 is 2. The predicted octanol–water partition coefficient (Wildman–Crippen LogP) is 3.64. The fraction of sp³-hybridized carbons (Fsp3) is 0.500. The lowest BCUT2D eigenvalue weighted by molar-refractivity contribution is -0.132. The zero-order valence-corrected chi connectivity index (χ0v) is 21.4. The standard InChI is InChI=1S/C28H37N3O4/c1-20-6-5-7-23(21(20)2)30-14-16-31(17-15-30)27(33)11-13-28(12-10-26(32)29-28)19-22-8-9-24(34-3)25(18-22)35-4/h5-9,18H,10-17,19H2,1-4H3,(H,29,32). The molecular weight excluding hydrogens is 442 g/mol. The van der Waals surface area contributed by atoms with E-state index in [0.29, 0.717) is 37.2 Å². The number of hydrogen-bond acceptors (Lipinski definition) is 5. The molecule has 0 saturated carbocycles. The van der Waals surface area contributed by atoms with Gasteiger partial charge < -0.3 is 24.6 Å². The molecule has 2 aromatic rings. The van der Waals surface area contributed by atoms with Gasteiger partial charge in [-0.3, -0.25) is 9.59 Å². The van der Waals surface area contributed by atoms with E-state index in [4.69, 9.17) is 9.47 Å². The molecular formula is C28H37N3O4. The van der Waals surface area contributed by atoms with Gasteiger partial charge >= 0.3 is 0 Å². The van der Waals surface area contributed by atoms with Crippen molar-refractivity contribution in [2.24, 2.45) is 0 Å². The predicted molar refractivity (Wildman–Crippen MR) is 137 cm³/mol. The average Bonchev–Trinajstić information content (AvgIpc) is 3.24. The average molecular weight is 480 g/mol. The lowest BCUT2D eigenvalue weighted by Gasteiger charge is -2.38. The van der Waals surface area contributed by atoms with Crippen molar-refractivity contribution < 1.29 is 19.1 Å². The molecule has 2 saturated heterocycles. The van der Waals surface area contributed by atoms with Crippen LogP contribution >= 0.6 is 0 Å². The summed E-state index contributed by atoms with van der Waals surface area (Å²) in [6.45, 7) is 7.42. The van der Waals surface area contributed by atoms with Gasteiger partial charge in [-0.05, 0) is 68.0 Å². The number of aryl methyl sites for hydroxylation is 1. The number of nitrogens with zero attached hydrogens (tertiary/aromatic N) is 2. The van der Waals surface area contributed by atoms with E-state index in [9.17, 15) is 9.59 Å². The molecule has 2 fully saturated rings. The van der Waals surface area contributed by atoms with Crippen LogP contribution in [0.15, 0.2) is 36.4 Å². The number of rotatable bonds is 8. The maximum Gasteiger partial charge on any atom is 0.222 e. The Balaban J connectivity index is 1.37. The van der Waals surface area contributed by atoms with Crippen LogP contribution in [0, 0.1) is 13.8 Å². The summed E-state index contributed by atoms with van der Waals surface area (Å²) < 4.78 is 10.8. The van der Waals surface area contributed by atoms with Crippen molar-refractivity contribution >= 4 is 17.5 Å². The molecule has 2 amide bonds. The number of nitrogens with one attached hydrogen (secondary N) is 1. The first-order valence-corrected chi connectivity index (χ1v) is 12.4. The Morgan fingerprint density at radius 3 is 2.43 bits per heavy atom. The molecule has 7 nitrogen and oxygen atoms in total. The SMILES string of the molecule is COc1ccc(CC2(CCC(=O)N3CCN(c4cccc(C)c4C)CC3)CCC(=O)N2)cc1OC. The van der Waals surface area contributed by atoms with Crippen LogP contribution in [-0.4, -0.2) is 62.7 Å². The van der Waals surface area contributed by atoms with Gasteiger partial charge in [-0.25, -0.2) is 0 Å². The number of benzene rings is 2. The van der Waals surface area contributed by atoms with Gasteiger partial charge in [0.05, 0.1) is 14.2 Å². The maximum atomic E-state index is 13.1. The molecule has 2 aliphatic rings. The largest absolute Gasteiger partial charge is 0.493 e. The highest BCUT2D eigenvalue weighted by atomic mass is 16.5. The van der Waals surface area contributed by atoms with Crippen molar-refractivity contribution in [1.82, 2.24) is 10.2 Å². The van der Waals surface area contributed by atoms with Crippen LogP contribution in [0.25, 0.3) is 0 Å². The maximum absolute atomic E-state index is 13.1. The summed E-state index contributed by atoms with van der Waals surface area (Å²) in [7, 11) is 3.23. The van der Waals surface area contributed by atoms with Crippen LogP contribution in [0.5, 0.6) is 11.5 Å². The minimum atomic E-state index is -0.410. The van der Waals surface area contributed by atoms with E-state index in [1.54, 1.807) is 14.2 Å². The van der Waals surface area contributed by atoms with Gasteiger partial charge in [-0.2, -0.15) is 0 Å².